The maximum atomic E-state index is 0. The van der Waals surface area contributed by atoms with Gasteiger partial charge in [0.05, 0.1) is 0 Å². The van der Waals surface area contributed by atoms with Gasteiger partial charge in [-0.25, -0.2) is 0 Å². The van der Waals surface area contributed by atoms with Gasteiger partial charge in [0.15, 0.2) is 0 Å². The summed E-state index contributed by atoms with van der Waals surface area (Å²) in [6.45, 7) is 0. The molecule has 0 rings (SSSR count). The Morgan fingerprint density at radius 3 is 0.150 bits per heavy atom. The van der Waals surface area contributed by atoms with Crippen LogP contribution in [0.25, 0.3) is 0 Å². The van der Waals surface area contributed by atoms with Crippen LogP contribution in [0.4, 0.5) is 0 Å². The minimum absolute atomic E-state index is 0. The summed E-state index contributed by atoms with van der Waals surface area (Å²) in [5.41, 5.74) is 0. The number of hydrogen-bond donors (Lipinski definition) is 1. The van der Waals surface area contributed by atoms with Crippen molar-refractivity contribution in [1.29, 1.82) is 0 Å². The minimum atomic E-state index is 0. The van der Waals surface area contributed by atoms with E-state index in [1.165, 1.54) is 0 Å². The van der Waals surface area contributed by atoms with Crippen LogP contribution < -0.4 is 6.15 Å². The molecule has 0 radical (unpaired) electrons. The molecule has 0 aliphatic heterocycles. The highest BCUT2D eigenvalue weighted by Gasteiger charge is -0.0637. The van der Waals surface area contributed by atoms with Crippen LogP contribution in [-0.2, 0) is 0 Å². The lowest BCUT2D eigenvalue weighted by molar-refractivity contribution is 2.13. The molecule has 0 aliphatic carbocycles. The van der Waals surface area contributed by atoms with E-state index >= 15 is 0 Å². The normalized spacial score (nSPS) is 0. The summed E-state index contributed by atoms with van der Waals surface area (Å²) in [5, 5.41) is 0. The summed E-state index contributed by atoms with van der Waals surface area (Å²) < 4.78 is 0. The smallest absolute Gasteiger partial charge is 0.0776 e. The lowest BCUT2D eigenvalue weighted by Gasteiger charge is -0.344. The first-order chi connectivity index (χ1) is 0. The highest BCUT2D eigenvalue weighted by Crippen LogP contribution is 0.865. The van der Waals surface area contributed by atoms with Crippen LogP contribution in [0.15, 0.2) is 0 Å². The predicted molar refractivity (Wildman–Crippen MR) is 155 cm³/mol. The van der Waals surface area contributed by atoms with Gasteiger partial charge in [-0.05, 0) is 0 Å². The Hall–Kier alpha value is 2.11. The van der Waals surface area contributed by atoms with Crippen molar-refractivity contribution < 1.29 is 0 Å². The number of rotatable bonds is 0. The van der Waals surface area contributed by atoms with Crippen molar-refractivity contribution in [2.24, 2.45) is 0 Å². The second-order valence-corrected chi connectivity index (χ2v) is 0. The average molecular weight is 412 g/mol. The molecular formula is C14H74NP5. The van der Waals surface area contributed by atoms with Crippen LogP contribution in [0.1, 0.15) is 104 Å². The summed E-state index contributed by atoms with van der Waals surface area (Å²) in [6, 6.07) is 0. The standard InChI is InChI=1S/14CH4.H3N.5H3P/h14*1H4;6*1H3. The fourth-order valence-electron chi connectivity index (χ4n) is 0. The summed E-state index contributed by atoms with van der Waals surface area (Å²) in [5.74, 6) is 0. The summed E-state index contributed by atoms with van der Waals surface area (Å²) in [6.07, 6.45) is 0. The van der Waals surface area contributed by atoms with Gasteiger partial charge in [0.2, 0.25) is 0 Å². The van der Waals surface area contributed by atoms with Crippen molar-refractivity contribution in [2.75, 3.05) is 0 Å². The van der Waals surface area contributed by atoms with Gasteiger partial charge >= 0.3 is 0 Å². The highest BCUT2D eigenvalue weighted by atomic mass is 31.0. The molecule has 20 heavy (non-hydrogen) atoms. The predicted octanol–water partition coefficient (Wildman–Crippen LogP) is 9.36. The molecule has 0 bridgehead atoms. The third kappa shape index (κ3) is 1650. The Balaban J connectivity index is 0. The van der Waals surface area contributed by atoms with E-state index in [2.05, 4.69) is 0 Å². The molecule has 0 heterocycles. The molecule has 0 spiro atoms. The van der Waals surface area contributed by atoms with Gasteiger partial charge in [-0.15, -0.1) is 0 Å². The lowest BCUT2D eigenvalue weighted by atomic mass is 12.0. The van der Waals surface area contributed by atoms with E-state index in [1.54, 1.807) is 0 Å². The van der Waals surface area contributed by atoms with E-state index in [4.69, 9.17) is 0 Å². The SMILES string of the molecule is C.C.C.C.C.C.C.C.C.C.C.C.C.C.N.P.P.P.P.P. The average Bonchev–Trinajstić information content (AvgIpc) is 0. The third-order valence-corrected chi connectivity index (χ3v) is 0. The van der Waals surface area contributed by atoms with Gasteiger partial charge in [0.25, 0.3) is 0 Å². The van der Waals surface area contributed by atoms with Crippen molar-refractivity contribution in [1.82, 2.24) is 6.15 Å². The second kappa shape index (κ2) is 1920. The number of hydrogen-bond acceptors (Lipinski definition) is 1. The van der Waals surface area contributed by atoms with Crippen molar-refractivity contribution in [2.45, 2.75) is 104 Å². The first kappa shape index (κ1) is 2210. The van der Waals surface area contributed by atoms with Gasteiger partial charge in [-0.3, -0.25) is 0 Å². The van der Waals surface area contributed by atoms with Crippen molar-refractivity contribution in [3.63, 3.8) is 0 Å². The fraction of sp³-hybridized carbons (Fsp3) is 1.00. The summed E-state index contributed by atoms with van der Waals surface area (Å²) >= 11 is 0. The van der Waals surface area contributed by atoms with Gasteiger partial charge in [-0.2, -0.15) is 49.5 Å². The molecule has 0 amide bonds. The van der Waals surface area contributed by atoms with Crippen LogP contribution in [0.3, 0.4) is 0 Å². The van der Waals surface area contributed by atoms with Crippen molar-refractivity contribution in [3.05, 3.63) is 0 Å². The topological polar surface area (TPSA) is 35.0 Å². The van der Waals surface area contributed by atoms with Crippen molar-refractivity contribution in [3.8, 4) is 0 Å². The fourth-order valence-corrected chi connectivity index (χ4v) is 0. The van der Waals surface area contributed by atoms with E-state index in [-0.39, 0.29) is 160 Å². The largest absolute Gasteiger partial charge is 0.344 e. The Morgan fingerprint density at radius 2 is 0.150 bits per heavy atom. The molecule has 0 aromatic rings. The first-order valence-electron chi connectivity index (χ1n) is 0. The van der Waals surface area contributed by atoms with Crippen molar-refractivity contribution >= 4 is 49.5 Å². The molecule has 5 unspecified atom stereocenters. The zero-order chi connectivity index (χ0) is 0. The maximum absolute atomic E-state index is 0. The summed E-state index contributed by atoms with van der Waals surface area (Å²) in [4.78, 5) is 0. The Morgan fingerprint density at radius 1 is 0.150 bits per heavy atom. The molecule has 0 aliphatic rings. The first-order valence-corrected chi connectivity index (χ1v) is 0. The van der Waals surface area contributed by atoms with Crippen LogP contribution >= 0.6 is 49.5 Å². The Bertz CT molecular complexity index is 21.5. The summed E-state index contributed by atoms with van der Waals surface area (Å²) in [7, 11) is 0. The monoisotopic (exact) mass is 411 g/mol. The molecule has 0 fully saturated rings. The molecule has 5 atom stereocenters. The van der Waals surface area contributed by atoms with Gasteiger partial charge in [0.1, 0.15) is 0 Å². The highest BCUT2D eigenvalue weighted by molar-refractivity contribution is 6.92. The van der Waals surface area contributed by atoms with E-state index < -0.39 is 0 Å². The molecule has 0 aromatic heterocycles. The second-order valence-electron chi connectivity index (χ2n) is 0. The molecule has 1 nitrogen and oxygen atoms in total. The van der Waals surface area contributed by atoms with Gasteiger partial charge in [0, 0.05) is 0 Å². The van der Waals surface area contributed by atoms with Crippen LogP contribution in [0.5, 0.6) is 0 Å². The van der Waals surface area contributed by atoms with Gasteiger partial charge in [-0.1, -0.05) is 104 Å². The minimum Gasteiger partial charge on any atom is -0.344 e. The Labute approximate surface area is 159 Å². The van der Waals surface area contributed by atoms with E-state index in [0.717, 1.165) is 0 Å². The third-order valence-electron chi connectivity index (χ3n) is 0. The van der Waals surface area contributed by atoms with E-state index in [0.29, 0.717) is 0 Å². The van der Waals surface area contributed by atoms with Crippen LogP contribution in [-0.4, -0.2) is 0 Å². The molecule has 0 aromatic carbocycles. The zero-order valence-electron chi connectivity index (χ0n) is 4.24. The molecule has 3 N–H and O–H groups in total. The molecular weight excluding hydrogens is 337 g/mol. The maximum Gasteiger partial charge on any atom is -0.0776 e. The van der Waals surface area contributed by atoms with E-state index in [9.17, 15) is 0 Å². The lowest BCUT2D eigenvalue weighted by Crippen LogP contribution is -0.481. The van der Waals surface area contributed by atoms with Crippen LogP contribution in [0.2, 0.25) is 0 Å². The van der Waals surface area contributed by atoms with E-state index in [1.807, 2.05) is 0 Å². The molecule has 0 saturated heterocycles. The van der Waals surface area contributed by atoms with Gasteiger partial charge < -0.3 is 6.15 Å². The molecule has 160 valence electrons. The Kier molecular flexibility index (Phi) is 212000. The quantitative estimate of drug-likeness (QED) is 0.396. The van der Waals surface area contributed by atoms with Crippen LogP contribution in [0, 0.1) is 0 Å². The zero-order valence-corrected chi connectivity index (χ0v) is 11.3. The molecule has 6 heteroatoms. The molecule has 0 saturated carbocycles.